The van der Waals surface area contributed by atoms with E-state index in [0.29, 0.717) is 11.8 Å². The number of hydrogen-bond acceptors (Lipinski definition) is 0. The van der Waals surface area contributed by atoms with Crippen LogP contribution in [0, 0.1) is 11.8 Å². The molecule has 0 amide bonds. The zero-order valence-corrected chi connectivity index (χ0v) is 16.3. The molecule has 2 heterocycles. The highest BCUT2D eigenvalue weighted by Crippen LogP contribution is 2.49. The molecule has 130 valence electrons. The smallest absolute Gasteiger partial charge is 0.0692 e. The van der Waals surface area contributed by atoms with Gasteiger partial charge in [-0.3, -0.25) is 0 Å². The summed E-state index contributed by atoms with van der Waals surface area (Å²) in [7, 11) is 4.53. The van der Waals surface area contributed by atoms with Crippen LogP contribution in [-0.4, -0.2) is 9.13 Å². The number of allylic oxidation sites excluding steroid dienone is 2. The maximum atomic E-state index is 2.47. The van der Waals surface area contributed by atoms with E-state index in [1.54, 1.807) is 33.4 Å². The molecule has 0 aromatic carbocycles. The first-order valence-corrected chi connectivity index (χ1v) is 9.70. The van der Waals surface area contributed by atoms with Crippen LogP contribution < -0.4 is 0 Å². The van der Waals surface area contributed by atoms with E-state index in [1.807, 2.05) is 0 Å². The summed E-state index contributed by atoms with van der Waals surface area (Å²) in [5, 5.41) is 0. The van der Waals surface area contributed by atoms with Crippen molar-refractivity contribution in [2.45, 2.75) is 47.0 Å². The van der Waals surface area contributed by atoms with Crippen molar-refractivity contribution in [3.63, 3.8) is 0 Å². The minimum Gasteiger partial charge on any atom is -0.342 e. The van der Waals surface area contributed by atoms with Crippen molar-refractivity contribution in [1.29, 1.82) is 0 Å². The number of hydrogen-bond donors (Lipinski definition) is 0. The van der Waals surface area contributed by atoms with Crippen LogP contribution in [0.3, 0.4) is 0 Å². The molecule has 0 radical (unpaired) electrons. The zero-order valence-electron chi connectivity index (χ0n) is 16.3. The van der Waals surface area contributed by atoms with Gasteiger partial charge in [-0.15, -0.1) is 0 Å². The number of aromatic nitrogens is 2. The summed E-state index contributed by atoms with van der Waals surface area (Å²) < 4.78 is 4.93. The van der Waals surface area contributed by atoms with Crippen LogP contribution in [0.15, 0.2) is 11.1 Å². The van der Waals surface area contributed by atoms with E-state index in [0.717, 1.165) is 19.3 Å². The van der Waals surface area contributed by atoms with Gasteiger partial charge < -0.3 is 9.13 Å². The van der Waals surface area contributed by atoms with E-state index in [4.69, 9.17) is 0 Å². The Morgan fingerprint density at radius 1 is 0.640 bits per heavy atom. The third-order valence-electron chi connectivity index (χ3n) is 6.78. The molecule has 0 spiro atoms. The lowest BCUT2D eigenvalue weighted by atomic mass is 9.97. The molecule has 3 aliphatic carbocycles. The van der Waals surface area contributed by atoms with Gasteiger partial charge in [-0.25, -0.2) is 0 Å². The molecule has 0 saturated heterocycles. The highest BCUT2D eigenvalue weighted by atomic mass is 15.1. The third kappa shape index (κ3) is 1.80. The topological polar surface area (TPSA) is 9.86 Å². The maximum Gasteiger partial charge on any atom is 0.0692 e. The van der Waals surface area contributed by atoms with Crippen molar-refractivity contribution in [2.75, 3.05) is 0 Å². The van der Waals surface area contributed by atoms with Crippen molar-refractivity contribution in [2.24, 2.45) is 25.9 Å². The number of fused-ring (bicyclic) bond motifs is 7. The van der Waals surface area contributed by atoms with Gasteiger partial charge in [0.2, 0.25) is 0 Å². The Bertz CT molecular complexity index is 906. The van der Waals surface area contributed by atoms with E-state index in [-0.39, 0.29) is 0 Å². The Morgan fingerprint density at radius 2 is 1.04 bits per heavy atom. The van der Waals surface area contributed by atoms with Gasteiger partial charge in [0, 0.05) is 31.9 Å². The first-order valence-electron chi connectivity index (χ1n) is 9.70. The summed E-state index contributed by atoms with van der Waals surface area (Å²) >= 11 is 0. The van der Waals surface area contributed by atoms with Crippen LogP contribution in [-0.2, 0) is 33.4 Å². The van der Waals surface area contributed by atoms with Crippen molar-refractivity contribution in [3.8, 4) is 11.4 Å². The quantitative estimate of drug-likeness (QED) is 0.616. The largest absolute Gasteiger partial charge is 0.342 e. The number of nitrogens with zero attached hydrogens (tertiary/aromatic N) is 2. The summed E-state index contributed by atoms with van der Waals surface area (Å²) in [6.07, 6.45) is 8.34. The summed E-state index contributed by atoms with van der Waals surface area (Å²) in [6.45, 7) is 9.27. The second-order valence-electron chi connectivity index (χ2n) is 8.78. The highest BCUT2D eigenvalue weighted by Gasteiger charge is 2.37. The predicted molar refractivity (Wildman–Crippen MR) is 106 cm³/mol. The third-order valence-corrected chi connectivity index (χ3v) is 6.78. The standard InChI is InChI=1S/C23H28N2/c1-12(2)14-7-16-18-11-19-17-8-15(13(3)4)10-21(17)25(6)23(19)22(18)24(5)20(16)9-14/h9-10,12-13H,7-8,11H2,1-6H3. The molecular weight excluding hydrogens is 304 g/mol. The van der Waals surface area contributed by atoms with Crippen molar-refractivity contribution >= 4 is 12.2 Å². The average Bonchev–Trinajstić information content (AvgIpc) is 3.28. The fourth-order valence-electron chi connectivity index (χ4n) is 5.17. The molecule has 0 unspecified atom stereocenters. The molecule has 0 saturated carbocycles. The minimum absolute atomic E-state index is 0.647. The van der Waals surface area contributed by atoms with Crippen LogP contribution in [0.5, 0.6) is 0 Å². The lowest BCUT2D eigenvalue weighted by Crippen LogP contribution is -2.00. The minimum atomic E-state index is 0.647. The lowest BCUT2D eigenvalue weighted by Gasteiger charge is -2.10. The molecule has 0 bridgehead atoms. The van der Waals surface area contributed by atoms with Gasteiger partial charge in [0.05, 0.1) is 11.4 Å². The molecule has 25 heavy (non-hydrogen) atoms. The van der Waals surface area contributed by atoms with Crippen LogP contribution >= 0.6 is 0 Å². The van der Waals surface area contributed by atoms with Gasteiger partial charge in [-0.1, -0.05) is 38.8 Å². The van der Waals surface area contributed by atoms with Gasteiger partial charge in [-0.05, 0) is 59.1 Å². The Kier molecular flexibility index (Phi) is 2.94. The van der Waals surface area contributed by atoms with E-state index >= 15 is 0 Å². The molecule has 0 N–H and O–H groups in total. The zero-order chi connectivity index (χ0) is 17.6. The van der Waals surface area contributed by atoms with Gasteiger partial charge in [0.25, 0.3) is 0 Å². The Morgan fingerprint density at radius 3 is 1.40 bits per heavy atom. The van der Waals surface area contributed by atoms with E-state index < -0.39 is 0 Å². The molecule has 2 aromatic rings. The SMILES string of the molecule is CC(C)C1=Cc2c(c3c(n2C)-c2c(c4c(n2C)C=C(C(C)C)C4)C3)C1. The van der Waals surface area contributed by atoms with Gasteiger partial charge in [0.1, 0.15) is 0 Å². The Hall–Kier alpha value is -1.96. The summed E-state index contributed by atoms with van der Waals surface area (Å²) in [5.41, 5.74) is 15.5. The van der Waals surface area contributed by atoms with E-state index in [1.165, 1.54) is 22.8 Å². The Balaban J connectivity index is 1.66. The first-order chi connectivity index (χ1) is 11.9. The maximum absolute atomic E-state index is 2.47. The van der Waals surface area contributed by atoms with Crippen molar-refractivity contribution in [3.05, 3.63) is 44.8 Å². The molecule has 0 atom stereocenters. The van der Waals surface area contributed by atoms with Crippen LogP contribution in [0.2, 0.25) is 0 Å². The van der Waals surface area contributed by atoms with Gasteiger partial charge in [-0.2, -0.15) is 0 Å². The second-order valence-corrected chi connectivity index (χ2v) is 8.78. The van der Waals surface area contributed by atoms with Crippen LogP contribution in [0.25, 0.3) is 23.5 Å². The van der Waals surface area contributed by atoms with Crippen molar-refractivity contribution in [1.82, 2.24) is 9.13 Å². The monoisotopic (exact) mass is 332 g/mol. The van der Waals surface area contributed by atoms with Gasteiger partial charge in [0.15, 0.2) is 0 Å². The molecule has 3 aliphatic rings. The molecule has 0 fully saturated rings. The fraction of sp³-hybridized carbons (Fsp3) is 0.478. The predicted octanol–water partition coefficient (Wildman–Crippen LogP) is 5.13. The Labute approximate surface area is 150 Å². The normalized spacial score (nSPS) is 17.1. The fourth-order valence-corrected chi connectivity index (χ4v) is 5.17. The molecular formula is C23H28N2. The molecule has 5 rings (SSSR count). The van der Waals surface area contributed by atoms with Gasteiger partial charge >= 0.3 is 0 Å². The summed E-state index contributed by atoms with van der Waals surface area (Å²) in [6, 6.07) is 0. The molecule has 2 nitrogen and oxygen atoms in total. The van der Waals surface area contributed by atoms with Crippen LogP contribution in [0.4, 0.5) is 0 Å². The van der Waals surface area contributed by atoms with E-state index in [9.17, 15) is 0 Å². The number of rotatable bonds is 2. The highest BCUT2D eigenvalue weighted by molar-refractivity contribution is 5.84. The van der Waals surface area contributed by atoms with E-state index in [2.05, 4.69) is 63.1 Å². The second kappa shape index (κ2) is 4.81. The summed E-state index contributed by atoms with van der Waals surface area (Å²) in [5.74, 6) is 1.29. The average molecular weight is 332 g/mol. The lowest BCUT2D eigenvalue weighted by molar-refractivity contribution is 0.752. The molecule has 2 heteroatoms. The van der Waals surface area contributed by atoms with Crippen molar-refractivity contribution < 1.29 is 0 Å². The molecule has 2 aromatic heterocycles. The first kappa shape index (κ1) is 15.3. The summed E-state index contributed by atoms with van der Waals surface area (Å²) in [4.78, 5) is 0. The molecule has 0 aliphatic heterocycles. The van der Waals surface area contributed by atoms with Crippen LogP contribution in [0.1, 0.15) is 61.3 Å².